The van der Waals surface area contributed by atoms with Crippen molar-refractivity contribution in [3.05, 3.63) is 63.6 Å². The number of pyridine rings is 1. The number of aromatic amines is 1. The number of halogens is 4. The molecule has 1 aromatic carbocycles. The number of anilines is 2. The lowest BCUT2D eigenvalue weighted by Gasteiger charge is -2.34. The number of carbonyl (C=O) groups excluding carboxylic acids is 1. The largest absolute Gasteiger partial charge is 0.488 e. The van der Waals surface area contributed by atoms with Gasteiger partial charge in [-0.3, -0.25) is 14.6 Å². The Hall–Kier alpha value is -4.08. The van der Waals surface area contributed by atoms with Crippen LogP contribution in [-0.4, -0.2) is 81.8 Å². The van der Waals surface area contributed by atoms with Crippen molar-refractivity contribution in [2.45, 2.75) is 26.6 Å². The number of alkyl halides is 3. The highest BCUT2D eigenvalue weighted by Crippen LogP contribution is 2.36. The third kappa shape index (κ3) is 7.60. The fraction of sp³-hybridized carbons (Fsp3) is 0.407. The summed E-state index contributed by atoms with van der Waals surface area (Å²) in [5.41, 5.74) is -1.44. The molecule has 226 valence electrons. The first-order valence-corrected chi connectivity index (χ1v) is 13.2. The quantitative estimate of drug-likeness (QED) is 0.277. The highest BCUT2D eigenvalue weighted by atomic mass is 19.4. The second-order valence-corrected chi connectivity index (χ2v) is 9.61. The fourth-order valence-electron chi connectivity index (χ4n) is 4.52. The van der Waals surface area contributed by atoms with Crippen molar-refractivity contribution in [1.29, 1.82) is 0 Å². The standard InChI is InChI=1S/C27H31F4N7O4/c1-3-42-23-11-17(13-33-25(23)40)24-32-14-22(16(2)34-24)36-26(41)35-21-12-19(27(29,30)31)18(10-20(21)28)15-38-6-4-37(5-7-38)8-9-39/h10-14,39H,3-9,15H2,1-2H3,(H,33,40)(H2,35,36,41). The lowest BCUT2D eigenvalue weighted by atomic mass is 10.0. The molecule has 42 heavy (non-hydrogen) atoms. The molecule has 1 aliphatic rings. The van der Waals surface area contributed by atoms with Crippen molar-refractivity contribution in [2.75, 3.05) is 56.6 Å². The molecule has 0 saturated carbocycles. The summed E-state index contributed by atoms with van der Waals surface area (Å²) in [5, 5.41) is 13.6. The number of hydrogen-bond acceptors (Lipinski definition) is 8. The Balaban J connectivity index is 1.47. The van der Waals surface area contributed by atoms with Gasteiger partial charge in [0.05, 0.1) is 42.0 Å². The number of benzene rings is 1. The third-order valence-corrected chi connectivity index (χ3v) is 6.68. The van der Waals surface area contributed by atoms with Gasteiger partial charge in [-0.05, 0) is 37.6 Å². The Morgan fingerprint density at radius 2 is 1.81 bits per heavy atom. The van der Waals surface area contributed by atoms with Crippen LogP contribution in [0.15, 0.2) is 35.4 Å². The number of piperazine rings is 1. The predicted octanol–water partition coefficient (Wildman–Crippen LogP) is 3.45. The molecule has 0 bridgehead atoms. The molecule has 3 heterocycles. The van der Waals surface area contributed by atoms with Crippen LogP contribution >= 0.6 is 0 Å². The number of aliphatic hydroxyl groups excluding tert-OH is 1. The molecule has 0 unspecified atom stereocenters. The van der Waals surface area contributed by atoms with Crippen LogP contribution in [-0.2, 0) is 12.7 Å². The number of β-amino-alcohol motifs (C(OH)–C–C–N with tert-alkyl or cyclic N) is 1. The minimum Gasteiger partial charge on any atom is -0.488 e. The second kappa shape index (κ2) is 13.3. The van der Waals surface area contributed by atoms with E-state index in [1.165, 1.54) is 18.5 Å². The maximum atomic E-state index is 14.9. The highest BCUT2D eigenvalue weighted by molar-refractivity contribution is 6.00. The van der Waals surface area contributed by atoms with Crippen LogP contribution in [0.4, 0.5) is 33.7 Å². The van der Waals surface area contributed by atoms with E-state index in [4.69, 9.17) is 9.84 Å². The number of aryl methyl sites for hydroxylation is 1. The fourth-order valence-corrected chi connectivity index (χ4v) is 4.52. The normalized spacial score (nSPS) is 14.5. The van der Waals surface area contributed by atoms with Crippen molar-refractivity contribution in [2.24, 2.45) is 0 Å². The summed E-state index contributed by atoms with van der Waals surface area (Å²) >= 11 is 0. The van der Waals surface area contributed by atoms with Gasteiger partial charge in [0.2, 0.25) is 0 Å². The first kappa shape index (κ1) is 30.9. The Morgan fingerprint density at radius 1 is 1.12 bits per heavy atom. The van der Waals surface area contributed by atoms with Crippen LogP contribution in [0.5, 0.6) is 5.75 Å². The molecule has 0 spiro atoms. The number of nitrogens with zero attached hydrogens (tertiary/aromatic N) is 4. The Bertz CT molecular complexity index is 1470. The van der Waals surface area contributed by atoms with Crippen LogP contribution in [0.1, 0.15) is 23.7 Å². The van der Waals surface area contributed by atoms with Crippen molar-refractivity contribution < 1.29 is 32.2 Å². The topological polar surface area (TPSA) is 136 Å². The van der Waals surface area contributed by atoms with Gasteiger partial charge in [0, 0.05) is 51.0 Å². The summed E-state index contributed by atoms with van der Waals surface area (Å²) < 4.78 is 62.0. The first-order valence-electron chi connectivity index (χ1n) is 13.2. The van der Waals surface area contributed by atoms with Crippen molar-refractivity contribution in [3.63, 3.8) is 0 Å². The SMILES string of the molecule is CCOc1cc(-c2ncc(NC(=O)Nc3cc(C(F)(F)F)c(CN4CCN(CCO)CC4)cc3F)c(C)n2)c[nH]c1=O. The van der Waals surface area contributed by atoms with Gasteiger partial charge in [0.25, 0.3) is 5.56 Å². The average Bonchev–Trinajstić information content (AvgIpc) is 2.93. The molecule has 15 heteroatoms. The lowest BCUT2D eigenvalue weighted by molar-refractivity contribution is -0.138. The highest BCUT2D eigenvalue weighted by Gasteiger charge is 2.35. The van der Waals surface area contributed by atoms with Gasteiger partial charge in [-0.2, -0.15) is 13.2 Å². The van der Waals surface area contributed by atoms with Crippen molar-refractivity contribution >= 4 is 17.4 Å². The van der Waals surface area contributed by atoms with Crippen LogP contribution in [0.25, 0.3) is 11.4 Å². The molecule has 1 saturated heterocycles. The molecule has 0 radical (unpaired) electrons. The monoisotopic (exact) mass is 593 g/mol. The molecular weight excluding hydrogens is 562 g/mol. The first-order chi connectivity index (χ1) is 20.0. The zero-order chi connectivity index (χ0) is 30.4. The van der Waals surface area contributed by atoms with Gasteiger partial charge in [0.1, 0.15) is 5.82 Å². The van der Waals surface area contributed by atoms with Gasteiger partial charge in [-0.1, -0.05) is 0 Å². The van der Waals surface area contributed by atoms with E-state index in [1.54, 1.807) is 18.7 Å². The molecule has 2 aromatic heterocycles. The summed E-state index contributed by atoms with van der Waals surface area (Å²) in [6.45, 7) is 6.03. The van der Waals surface area contributed by atoms with Crippen molar-refractivity contribution in [3.8, 4) is 17.1 Å². The number of nitrogens with one attached hydrogen (secondary N) is 3. The Morgan fingerprint density at radius 3 is 2.45 bits per heavy atom. The van der Waals surface area contributed by atoms with Crippen LogP contribution < -0.4 is 20.9 Å². The molecule has 1 fully saturated rings. The minimum absolute atomic E-state index is 0.00411. The van der Waals surface area contributed by atoms with E-state index < -0.39 is 34.8 Å². The van der Waals surface area contributed by atoms with Crippen molar-refractivity contribution in [1.82, 2.24) is 24.8 Å². The molecule has 0 atom stereocenters. The summed E-state index contributed by atoms with van der Waals surface area (Å²) in [6.07, 6.45) is -2.09. The molecule has 3 aromatic rings. The van der Waals surface area contributed by atoms with Crippen LogP contribution in [0.3, 0.4) is 0 Å². The van der Waals surface area contributed by atoms with Crippen LogP contribution in [0.2, 0.25) is 0 Å². The van der Waals surface area contributed by atoms with Gasteiger partial charge >= 0.3 is 12.2 Å². The lowest BCUT2D eigenvalue weighted by Crippen LogP contribution is -2.46. The number of hydrogen-bond donors (Lipinski definition) is 4. The number of carbonyl (C=O) groups is 1. The zero-order valence-corrected chi connectivity index (χ0v) is 23.0. The van der Waals surface area contributed by atoms with Gasteiger partial charge in [-0.25, -0.2) is 19.2 Å². The van der Waals surface area contributed by atoms with E-state index in [1.807, 2.05) is 4.90 Å². The number of H-pyrrole nitrogens is 1. The number of aliphatic hydroxyl groups is 1. The number of rotatable bonds is 9. The number of urea groups is 1. The van der Waals surface area contributed by atoms with E-state index in [-0.39, 0.29) is 42.6 Å². The van der Waals surface area contributed by atoms with Gasteiger partial charge < -0.3 is 25.5 Å². The number of ether oxygens (including phenoxy) is 1. The Labute approximate surface area is 238 Å². The summed E-state index contributed by atoms with van der Waals surface area (Å²) in [7, 11) is 0. The third-order valence-electron chi connectivity index (χ3n) is 6.68. The second-order valence-electron chi connectivity index (χ2n) is 9.61. The molecule has 11 nitrogen and oxygen atoms in total. The molecule has 2 amide bonds. The maximum absolute atomic E-state index is 14.9. The van der Waals surface area contributed by atoms with E-state index in [0.29, 0.717) is 50.0 Å². The summed E-state index contributed by atoms with van der Waals surface area (Å²) in [5.74, 6) is -0.704. The molecule has 4 rings (SSSR count). The number of amides is 2. The van der Waals surface area contributed by atoms with Gasteiger partial charge in [0.15, 0.2) is 11.6 Å². The van der Waals surface area contributed by atoms with Gasteiger partial charge in [-0.15, -0.1) is 0 Å². The summed E-state index contributed by atoms with van der Waals surface area (Å²) in [6, 6.07) is 1.86. The average molecular weight is 594 g/mol. The Kier molecular flexibility index (Phi) is 9.75. The van der Waals surface area contributed by atoms with E-state index in [2.05, 4.69) is 25.6 Å². The van der Waals surface area contributed by atoms with Crippen LogP contribution in [0, 0.1) is 12.7 Å². The molecule has 4 N–H and O–H groups in total. The molecular formula is C27H31F4N7O4. The minimum atomic E-state index is -4.78. The zero-order valence-electron chi connectivity index (χ0n) is 23.0. The molecule has 0 aliphatic carbocycles. The molecule has 1 aliphatic heterocycles. The number of aromatic nitrogens is 3. The summed E-state index contributed by atoms with van der Waals surface area (Å²) in [4.78, 5) is 39.3. The smallest absolute Gasteiger partial charge is 0.416 e. The van der Waals surface area contributed by atoms with E-state index in [0.717, 1.165) is 6.07 Å². The predicted molar refractivity (Wildman–Crippen MR) is 147 cm³/mol. The maximum Gasteiger partial charge on any atom is 0.416 e. The van der Waals surface area contributed by atoms with E-state index >= 15 is 0 Å². The van der Waals surface area contributed by atoms with E-state index in [9.17, 15) is 27.2 Å².